The largest absolute Gasteiger partial charge is 0.491 e. The second-order valence-electron chi connectivity index (χ2n) is 3.64. The fourth-order valence-electron chi connectivity index (χ4n) is 1.52. The van der Waals surface area contributed by atoms with Crippen LogP contribution in [0.15, 0.2) is 39.5 Å². The first kappa shape index (κ1) is 12.6. The Morgan fingerprint density at radius 2 is 1.94 bits per heavy atom. The van der Waals surface area contributed by atoms with Crippen LogP contribution in [-0.4, -0.2) is 31.5 Å². The zero-order valence-electron chi connectivity index (χ0n) is 9.80. The lowest BCUT2D eigenvalue weighted by Gasteiger charge is -2.06. The van der Waals surface area contributed by atoms with Gasteiger partial charge in [-0.15, -0.1) is 0 Å². The van der Waals surface area contributed by atoms with E-state index in [1.54, 1.807) is 18.2 Å². The van der Waals surface area contributed by atoms with Crippen LogP contribution in [0.2, 0.25) is 0 Å². The zero-order valence-corrected chi connectivity index (χ0v) is 9.80. The maximum Gasteiger partial charge on any atom is 0.336 e. The number of rotatable bonds is 6. The summed E-state index contributed by atoms with van der Waals surface area (Å²) in [6, 6.07) is 8.38. The van der Waals surface area contributed by atoms with Gasteiger partial charge in [0.1, 0.15) is 17.9 Å². The minimum Gasteiger partial charge on any atom is -0.491 e. The van der Waals surface area contributed by atoms with Crippen LogP contribution >= 0.6 is 0 Å². The summed E-state index contributed by atoms with van der Waals surface area (Å²) in [5.41, 5.74) is 0.113. The van der Waals surface area contributed by atoms with Gasteiger partial charge in [0.05, 0.1) is 19.8 Å². The van der Waals surface area contributed by atoms with Gasteiger partial charge in [-0.05, 0) is 18.2 Å². The van der Waals surface area contributed by atoms with Crippen molar-refractivity contribution in [3.8, 4) is 5.75 Å². The van der Waals surface area contributed by atoms with E-state index in [1.165, 1.54) is 6.07 Å². The molecule has 2 rings (SSSR count). The number of aliphatic hydroxyl groups is 1. The molecular formula is C13H14O5. The molecule has 1 aromatic heterocycles. The molecule has 0 spiro atoms. The SMILES string of the molecule is O=c1ccc2ccc(OCCOCCO)cc2o1. The van der Waals surface area contributed by atoms with Gasteiger partial charge in [-0.25, -0.2) is 4.79 Å². The molecule has 5 nitrogen and oxygen atoms in total. The molecule has 0 bridgehead atoms. The van der Waals surface area contributed by atoms with Gasteiger partial charge in [0.25, 0.3) is 0 Å². The van der Waals surface area contributed by atoms with E-state index in [-0.39, 0.29) is 12.2 Å². The summed E-state index contributed by atoms with van der Waals surface area (Å²) in [5, 5.41) is 9.36. The Morgan fingerprint density at radius 1 is 1.11 bits per heavy atom. The predicted molar refractivity (Wildman–Crippen MR) is 65.9 cm³/mol. The van der Waals surface area contributed by atoms with Gasteiger partial charge in [0.2, 0.25) is 0 Å². The first-order valence-electron chi connectivity index (χ1n) is 5.65. The van der Waals surface area contributed by atoms with E-state index in [0.717, 1.165) is 5.39 Å². The molecule has 1 heterocycles. The third-order valence-electron chi connectivity index (χ3n) is 2.33. The molecule has 0 aliphatic heterocycles. The van der Waals surface area contributed by atoms with Crippen LogP contribution in [-0.2, 0) is 4.74 Å². The molecule has 0 fully saturated rings. The van der Waals surface area contributed by atoms with E-state index in [9.17, 15) is 4.79 Å². The normalized spacial score (nSPS) is 10.7. The number of fused-ring (bicyclic) bond motifs is 1. The van der Waals surface area contributed by atoms with E-state index in [4.69, 9.17) is 19.0 Å². The number of ether oxygens (including phenoxy) is 2. The van der Waals surface area contributed by atoms with Crippen molar-refractivity contribution in [2.45, 2.75) is 0 Å². The minimum atomic E-state index is -0.383. The van der Waals surface area contributed by atoms with Gasteiger partial charge in [-0.2, -0.15) is 0 Å². The van der Waals surface area contributed by atoms with Crippen LogP contribution in [0.1, 0.15) is 0 Å². The van der Waals surface area contributed by atoms with Crippen LogP contribution in [0.5, 0.6) is 5.75 Å². The van der Waals surface area contributed by atoms with Crippen molar-refractivity contribution in [1.29, 1.82) is 0 Å². The lowest BCUT2D eigenvalue weighted by Crippen LogP contribution is -2.09. The highest BCUT2D eigenvalue weighted by atomic mass is 16.5. The Bertz CT molecular complexity index is 561. The standard InChI is InChI=1S/C13H14O5/c14-5-6-16-7-8-17-11-3-1-10-2-4-13(15)18-12(10)9-11/h1-4,9,14H,5-8H2. The Morgan fingerprint density at radius 3 is 2.78 bits per heavy atom. The number of hydrogen-bond donors (Lipinski definition) is 1. The smallest absolute Gasteiger partial charge is 0.336 e. The molecule has 0 saturated heterocycles. The fraction of sp³-hybridized carbons (Fsp3) is 0.308. The van der Waals surface area contributed by atoms with E-state index >= 15 is 0 Å². The third kappa shape index (κ3) is 3.32. The average Bonchev–Trinajstić information content (AvgIpc) is 2.38. The molecule has 0 atom stereocenters. The first-order valence-corrected chi connectivity index (χ1v) is 5.65. The van der Waals surface area contributed by atoms with Gasteiger partial charge in [0, 0.05) is 17.5 Å². The Balaban J connectivity index is 1.99. The quantitative estimate of drug-likeness (QED) is 0.616. The summed E-state index contributed by atoms with van der Waals surface area (Å²) in [4.78, 5) is 11.1. The summed E-state index contributed by atoms with van der Waals surface area (Å²) < 4.78 is 15.5. The molecule has 1 N–H and O–H groups in total. The number of aliphatic hydroxyl groups excluding tert-OH is 1. The molecule has 0 aliphatic rings. The Kier molecular flexibility index (Phi) is 4.33. The van der Waals surface area contributed by atoms with Crippen molar-refractivity contribution >= 4 is 11.0 Å². The number of benzene rings is 1. The Labute approximate surface area is 104 Å². The summed E-state index contributed by atoms with van der Waals surface area (Å²) in [6.07, 6.45) is 0. The summed E-state index contributed by atoms with van der Waals surface area (Å²) >= 11 is 0. The molecule has 0 saturated carbocycles. The second kappa shape index (κ2) is 6.18. The molecule has 18 heavy (non-hydrogen) atoms. The van der Waals surface area contributed by atoms with Crippen molar-refractivity contribution in [2.75, 3.05) is 26.4 Å². The topological polar surface area (TPSA) is 68.9 Å². The van der Waals surface area contributed by atoms with Crippen molar-refractivity contribution < 1.29 is 19.0 Å². The van der Waals surface area contributed by atoms with Gasteiger partial charge >= 0.3 is 5.63 Å². The highest BCUT2D eigenvalue weighted by molar-refractivity contribution is 5.77. The van der Waals surface area contributed by atoms with Crippen LogP contribution in [0.25, 0.3) is 11.0 Å². The lowest BCUT2D eigenvalue weighted by atomic mass is 10.2. The molecule has 5 heteroatoms. The molecule has 0 radical (unpaired) electrons. The molecule has 96 valence electrons. The number of hydrogen-bond acceptors (Lipinski definition) is 5. The predicted octanol–water partition coefficient (Wildman–Crippen LogP) is 1.18. The molecule has 0 aliphatic carbocycles. The maximum atomic E-state index is 11.1. The molecular weight excluding hydrogens is 236 g/mol. The monoisotopic (exact) mass is 250 g/mol. The molecule has 0 amide bonds. The minimum absolute atomic E-state index is 0.00112. The molecule has 0 unspecified atom stereocenters. The summed E-state index contributed by atoms with van der Waals surface area (Å²) in [6.45, 7) is 1.08. The molecule has 1 aromatic carbocycles. The first-order chi connectivity index (χ1) is 8.79. The van der Waals surface area contributed by atoms with Gasteiger partial charge in [-0.3, -0.25) is 0 Å². The zero-order chi connectivity index (χ0) is 12.8. The fourth-order valence-corrected chi connectivity index (χ4v) is 1.52. The van der Waals surface area contributed by atoms with E-state index < -0.39 is 0 Å². The van der Waals surface area contributed by atoms with Crippen molar-refractivity contribution in [1.82, 2.24) is 0 Å². The van der Waals surface area contributed by atoms with Crippen molar-refractivity contribution in [3.63, 3.8) is 0 Å². The molecule has 2 aromatic rings. The third-order valence-corrected chi connectivity index (χ3v) is 2.33. The van der Waals surface area contributed by atoms with Gasteiger partial charge in [0.15, 0.2) is 0 Å². The van der Waals surface area contributed by atoms with E-state index in [1.807, 2.05) is 6.07 Å². The summed E-state index contributed by atoms with van der Waals surface area (Å²) in [7, 11) is 0. The van der Waals surface area contributed by atoms with Crippen molar-refractivity contribution in [2.24, 2.45) is 0 Å². The van der Waals surface area contributed by atoms with Crippen LogP contribution < -0.4 is 10.4 Å². The Hall–Kier alpha value is -1.85. The second-order valence-corrected chi connectivity index (χ2v) is 3.64. The summed E-state index contributed by atoms with van der Waals surface area (Å²) in [5.74, 6) is 0.615. The average molecular weight is 250 g/mol. The highest BCUT2D eigenvalue weighted by Crippen LogP contribution is 2.19. The maximum absolute atomic E-state index is 11.1. The van der Waals surface area contributed by atoms with E-state index in [2.05, 4.69) is 0 Å². The lowest BCUT2D eigenvalue weighted by molar-refractivity contribution is 0.0705. The van der Waals surface area contributed by atoms with Gasteiger partial charge < -0.3 is 19.0 Å². The van der Waals surface area contributed by atoms with Crippen LogP contribution in [0.4, 0.5) is 0 Å². The van der Waals surface area contributed by atoms with Crippen LogP contribution in [0, 0.1) is 0 Å². The van der Waals surface area contributed by atoms with E-state index in [0.29, 0.717) is 31.2 Å². The van der Waals surface area contributed by atoms with Crippen molar-refractivity contribution in [3.05, 3.63) is 40.8 Å². The van der Waals surface area contributed by atoms with Crippen LogP contribution in [0.3, 0.4) is 0 Å². The van der Waals surface area contributed by atoms with Gasteiger partial charge in [-0.1, -0.05) is 0 Å². The highest BCUT2D eigenvalue weighted by Gasteiger charge is 2.00.